The highest BCUT2D eigenvalue weighted by atomic mass is 35.5. The number of benzene rings is 2. The van der Waals surface area contributed by atoms with E-state index in [1.165, 1.54) is 18.2 Å². The van der Waals surface area contributed by atoms with E-state index in [9.17, 15) is 13.2 Å². The highest BCUT2D eigenvalue weighted by Gasteiger charge is 2.31. The van der Waals surface area contributed by atoms with Crippen LogP contribution in [-0.4, -0.2) is 11.4 Å². The Bertz CT molecular complexity index is 718. The number of halogens is 5. The molecule has 0 radical (unpaired) electrons. The third-order valence-corrected chi connectivity index (χ3v) is 3.29. The molecule has 0 aromatic heterocycles. The molecule has 0 unspecified atom stereocenters. The number of ether oxygens (including phenoxy) is 1. The van der Waals surface area contributed by atoms with Gasteiger partial charge in [-0.15, -0.1) is 0 Å². The Balaban J connectivity index is 2.30. The van der Waals surface area contributed by atoms with Gasteiger partial charge in [0.15, 0.2) is 0 Å². The largest absolute Gasteiger partial charge is 0.456 e. The predicted molar refractivity (Wildman–Crippen MR) is 77.4 cm³/mol. The molecule has 2 rings (SSSR count). The minimum Gasteiger partial charge on any atom is -0.456 e. The molecule has 0 aliphatic heterocycles. The van der Waals surface area contributed by atoms with E-state index in [2.05, 4.69) is 5.16 Å². The maximum absolute atomic E-state index is 12.6. The Morgan fingerprint density at radius 2 is 1.77 bits per heavy atom. The molecule has 3 nitrogen and oxygen atoms in total. The van der Waals surface area contributed by atoms with Gasteiger partial charge in [-0.25, -0.2) is 0 Å². The molecule has 0 aliphatic carbocycles. The first-order chi connectivity index (χ1) is 10.3. The molecule has 0 atom stereocenters. The maximum atomic E-state index is 12.6. The van der Waals surface area contributed by atoms with E-state index in [0.717, 1.165) is 24.4 Å². The van der Waals surface area contributed by atoms with E-state index in [0.29, 0.717) is 10.6 Å². The number of alkyl halides is 3. The van der Waals surface area contributed by atoms with Gasteiger partial charge in [0.1, 0.15) is 11.5 Å². The van der Waals surface area contributed by atoms with Gasteiger partial charge < -0.3 is 9.94 Å². The average Bonchev–Trinajstić information content (AvgIpc) is 2.44. The van der Waals surface area contributed by atoms with Crippen molar-refractivity contribution in [1.82, 2.24) is 0 Å². The Labute approximate surface area is 133 Å². The third-order valence-electron chi connectivity index (χ3n) is 2.65. The van der Waals surface area contributed by atoms with Crippen LogP contribution in [0.15, 0.2) is 41.6 Å². The number of hydrogen-bond donors (Lipinski definition) is 1. The van der Waals surface area contributed by atoms with Gasteiger partial charge in [0, 0.05) is 10.6 Å². The molecule has 2 aromatic rings. The summed E-state index contributed by atoms with van der Waals surface area (Å²) in [4.78, 5) is 0. The quantitative estimate of drug-likeness (QED) is 0.444. The maximum Gasteiger partial charge on any atom is 0.416 e. The SMILES string of the molecule is ON=Cc1cc(Oc2ccc(C(F)(F)F)cc2Cl)ccc1Cl. The average molecular weight is 350 g/mol. The molecular weight excluding hydrogens is 342 g/mol. The molecule has 0 spiro atoms. The minimum atomic E-state index is -4.48. The summed E-state index contributed by atoms with van der Waals surface area (Å²) >= 11 is 11.7. The van der Waals surface area contributed by atoms with Crippen LogP contribution in [0, 0.1) is 0 Å². The van der Waals surface area contributed by atoms with E-state index in [1.54, 1.807) is 0 Å². The molecule has 2 aromatic carbocycles. The van der Waals surface area contributed by atoms with Crippen molar-refractivity contribution < 1.29 is 23.1 Å². The molecule has 22 heavy (non-hydrogen) atoms. The standard InChI is InChI=1S/C14H8Cl2F3NO2/c15-11-3-2-10(5-8(11)7-20-21)22-13-4-1-9(6-12(13)16)14(17,18)19/h1-7,21H. The lowest BCUT2D eigenvalue weighted by atomic mass is 10.2. The summed E-state index contributed by atoms with van der Waals surface area (Å²) in [7, 11) is 0. The van der Waals surface area contributed by atoms with Gasteiger partial charge in [-0.05, 0) is 36.4 Å². The van der Waals surface area contributed by atoms with Crippen LogP contribution >= 0.6 is 23.2 Å². The van der Waals surface area contributed by atoms with Crippen LogP contribution < -0.4 is 4.74 Å². The zero-order valence-corrected chi connectivity index (χ0v) is 12.2. The first-order valence-corrected chi connectivity index (χ1v) is 6.58. The molecule has 0 saturated carbocycles. The summed E-state index contributed by atoms with van der Waals surface area (Å²) in [5.74, 6) is 0.338. The van der Waals surface area contributed by atoms with Crippen molar-refractivity contribution in [2.75, 3.05) is 0 Å². The summed E-state index contributed by atoms with van der Waals surface area (Å²) in [6.45, 7) is 0. The Hall–Kier alpha value is -1.92. The lowest BCUT2D eigenvalue weighted by molar-refractivity contribution is -0.137. The molecule has 0 fully saturated rings. The smallest absolute Gasteiger partial charge is 0.416 e. The first kappa shape index (κ1) is 16.5. The molecule has 0 bridgehead atoms. The van der Waals surface area contributed by atoms with E-state index in [1.807, 2.05) is 0 Å². The van der Waals surface area contributed by atoms with Crippen LogP contribution in [0.25, 0.3) is 0 Å². The summed E-state index contributed by atoms with van der Waals surface area (Å²) in [5.41, 5.74) is -0.487. The van der Waals surface area contributed by atoms with Gasteiger partial charge in [-0.2, -0.15) is 13.2 Å². The van der Waals surface area contributed by atoms with E-state index in [4.69, 9.17) is 33.1 Å². The van der Waals surface area contributed by atoms with E-state index < -0.39 is 11.7 Å². The Morgan fingerprint density at radius 1 is 1.05 bits per heavy atom. The zero-order chi connectivity index (χ0) is 16.3. The fourth-order valence-electron chi connectivity index (χ4n) is 1.63. The van der Waals surface area contributed by atoms with Crippen molar-refractivity contribution in [2.45, 2.75) is 6.18 Å². The fourth-order valence-corrected chi connectivity index (χ4v) is 2.02. The molecule has 0 amide bonds. The second-order valence-electron chi connectivity index (χ2n) is 4.17. The van der Waals surface area contributed by atoms with Crippen molar-refractivity contribution >= 4 is 29.4 Å². The van der Waals surface area contributed by atoms with Crippen LogP contribution in [0.3, 0.4) is 0 Å². The van der Waals surface area contributed by atoms with Crippen molar-refractivity contribution in [2.24, 2.45) is 5.16 Å². The van der Waals surface area contributed by atoms with Gasteiger partial charge in [-0.1, -0.05) is 28.4 Å². The Morgan fingerprint density at radius 3 is 2.36 bits per heavy atom. The molecule has 1 N–H and O–H groups in total. The Kier molecular flexibility index (Phi) is 4.83. The van der Waals surface area contributed by atoms with Crippen LogP contribution in [0.5, 0.6) is 11.5 Å². The van der Waals surface area contributed by atoms with Crippen molar-refractivity contribution in [3.63, 3.8) is 0 Å². The van der Waals surface area contributed by atoms with Gasteiger partial charge in [0.05, 0.1) is 16.8 Å². The second-order valence-corrected chi connectivity index (χ2v) is 4.99. The number of oxime groups is 1. The van der Waals surface area contributed by atoms with Crippen molar-refractivity contribution in [3.05, 3.63) is 57.6 Å². The van der Waals surface area contributed by atoms with Gasteiger partial charge in [-0.3, -0.25) is 0 Å². The van der Waals surface area contributed by atoms with Gasteiger partial charge in [0.2, 0.25) is 0 Å². The monoisotopic (exact) mass is 349 g/mol. The summed E-state index contributed by atoms with van der Waals surface area (Å²) in [5, 5.41) is 11.5. The van der Waals surface area contributed by atoms with E-state index in [-0.39, 0.29) is 16.5 Å². The molecule has 0 saturated heterocycles. The third kappa shape index (κ3) is 3.84. The molecular formula is C14H8Cl2F3NO2. The van der Waals surface area contributed by atoms with Crippen molar-refractivity contribution in [3.8, 4) is 11.5 Å². The van der Waals surface area contributed by atoms with Crippen LogP contribution in [0.4, 0.5) is 13.2 Å². The fraction of sp³-hybridized carbons (Fsp3) is 0.0714. The molecule has 8 heteroatoms. The van der Waals surface area contributed by atoms with Crippen LogP contribution in [0.2, 0.25) is 10.0 Å². The topological polar surface area (TPSA) is 41.8 Å². The number of rotatable bonds is 3. The lowest BCUT2D eigenvalue weighted by Gasteiger charge is -2.11. The van der Waals surface area contributed by atoms with Crippen LogP contribution in [-0.2, 0) is 6.18 Å². The molecule has 0 aliphatic rings. The predicted octanol–water partition coefficient (Wildman–Crippen LogP) is 5.61. The normalized spacial score (nSPS) is 11.9. The highest BCUT2D eigenvalue weighted by molar-refractivity contribution is 6.33. The minimum absolute atomic E-state index is 0.0591. The van der Waals surface area contributed by atoms with Crippen LogP contribution in [0.1, 0.15) is 11.1 Å². The van der Waals surface area contributed by atoms with Gasteiger partial charge in [0.25, 0.3) is 0 Å². The number of hydrogen-bond acceptors (Lipinski definition) is 3. The summed E-state index contributed by atoms with van der Waals surface area (Å²) in [6, 6.07) is 7.22. The molecule has 0 heterocycles. The van der Waals surface area contributed by atoms with E-state index >= 15 is 0 Å². The summed E-state index contributed by atoms with van der Waals surface area (Å²) < 4.78 is 43.1. The second kappa shape index (κ2) is 6.46. The zero-order valence-electron chi connectivity index (χ0n) is 10.7. The van der Waals surface area contributed by atoms with Gasteiger partial charge >= 0.3 is 6.18 Å². The molecule has 116 valence electrons. The highest BCUT2D eigenvalue weighted by Crippen LogP contribution is 2.36. The first-order valence-electron chi connectivity index (χ1n) is 5.83. The summed E-state index contributed by atoms with van der Waals surface area (Å²) in [6.07, 6.45) is -3.38. The van der Waals surface area contributed by atoms with Crippen molar-refractivity contribution in [1.29, 1.82) is 0 Å². The lowest BCUT2D eigenvalue weighted by Crippen LogP contribution is -2.04. The number of nitrogens with zero attached hydrogens (tertiary/aromatic N) is 1.